The van der Waals surface area contributed by atoms with Crippen molar-refractivity contribution in [3.8, 4) is 39.6 Å². The van der Waals surface area contributed by atoms with Gasteiger partial charge in [-0.25, -0.2) is 9.97 Å². The molecule has 7 aromatic rings. The minimum absolute atomic E-state index is 0.122. The first-order valence-corrected chi connectivity index (χ1v) is 20.5. The van der Waals surface area contributed by atoms with Gasteiger partial charge in [-0.05, 0) is 89.3 Å². The van der Waals surface area contributed by atoms with Crippen LogP contribution >= 0.6 is 0 Å². The van der Waals surface area contributed by atoms with E-state index in [0.29, 0.717) is 0 Å². The Morgan fingerprint density at radius 2 is 1.39 bits per heavy atom. The molecule has 272 valence electrons. The van der Waals surface area contributed by atoms with Gasteiger partial charge >= 0.3 is 0 Å². The van der Waals surface area contributed by atoms with Crippen molar-refractivity contribution in [2.75, 3.05) is 0 Å². The van der Waals surface area contributed by atoms with Crippen molar-refractivity contribution in [3.05, 3.63) is 221 Å². The molecule has 1 aliphatic heterocycles. The topological polar surface area (TPSA) is 30.7 Å². The van der Waals surface area contributed by atoms with Gasteiger partial charge in [-0.15, -0.1) is 0 Å². The first-order chi connectivity index (χ1) is 28.2. The highest BCUT2D eigenvalue weighted by Gasteiger charge is 2.62. The van der Waals surface area contributed by atoms with Gasteiger partial charge in [0.2, 0.25) is 0 Å². The molecule has 5 aliphatic rings. The Morgan fingerprint density at radius 1 is 0.649 bits per heavy atom. The summed E-state index contributed by atoms with van der Waals surface area (Å²) < 4.78 is 2.68. The number of allylic oxidation sites excluding steroid dienone is 7. The second-order valence-electron chi connectivity index (χ2n) is 16.4. The number of aromatic nitrogens is 3. The smallest absolute Gasteiger partial charge is 0.160 e. The third-order valence-corrected chi connectivity index (χ3v) is 13.5. The van der Waals surface area contributed by atoms with Crippen LogP contribution in [-0.4, -0.2) is 14.5 Å². The lowest BCUT2D eigenvalue weighted by molar-refractivity contribution is 0.297. The van der Waals surface area contributed by atoms with Gasteiger partial charge in [-0.1, -0.05) is 164 Å². The molecular formula is C54H41N3. The first kappa shape index (κ1) is 32.6. The van der Waals surface area contributed by atoms with Crippen LogP contribution in [0.5, 0.6) is 0 Å². The predicted molar refractivity (Wildman–Crippen MR) is 232 cm³/mol. The van der Waals surface area contributed by atoms with E-state index in [1.165, 1.54) is 56.0 Å². The molecule has 0 N–H and O–H groups in total. The fraction of sp³-hybridized carbons (Fsp3) is 0.148. The van der Waals surface area contributed by atoms with E-state index in [0.717, 1.165) is 66.0 Å². The fourth-order valence-corrected chi connectivity index (χ4v) is 11.2. The van der Waals surface area contributed by atoms with Crippen LogP contribution < -0.4 is 0 Å². The number of hydrogen-bond donors (Lipinski definition) is 0. The Kier molecular flexibility index (Phi) is 7.14. The zero-order chi connectivity index (χ0) is 37.6. The third kappa shape index (κ3) is 4.66. The number of rotatable bonds is 4. The molecule has 5 aromatic carbocycles. The van der Waals surface area contributed by atoms with E-state index in [4.69, 9.17) is 9.97 Å². The molecule has 3 unspecified atom stereocenters. The Hall–Kier alpha value is -6.58. The largest absolute Gasteiger partial charge is 0.313 e. The second kappa shape index (κ2) is 12.5. The van der Waals surface area contributed by atoms with Crippen molar-refractivity contribution in [3.63, 3.8) is 0 Å². The number of benzene rings is 5. The van der Waals surface area contributed by atoms with Gasteiger partial charge in [0, 0.05) is 33.7 Å². The summed E-state index contributed by atoms with van der Waals surface area (Å²) >= 11 is 0. The van der Waals surface area contributed by atoms with Gasteiger partial charge in [-0.3, -0.25) is 0 Å². The number of fused-ring (bicyclic) bond motifs is 10. The van der Waals surface area contributed by atoms with Gasteiger partial charge in [-0.2, -0.15) is 0 Å². The summed E-state index contributed by atoms with van der Waals surface area (Å²) in [7, 11) is 0. The lowest BCUT2D eigenvalue weighted by Crippen LogP contribution is -2.47. The van der Waals surface area contributed by atoms with E-state index >= 15 is 0 Å². The molecule has 0 amide bonds. The molecule has 12 rings (SSSR count). The summed E-state index contributed by atoms with van der Waals surface area (Å²) in [6.45, 7) is 0. The molecule has 2 spiro atoms. The molecule has 0 saturated heterocycles. The van der Waals surface area contributed by atoms with Crippen LogP contribution in [0.15, 0.2) is 176 Å². The Bertz CT molecular complexity index is 2830. The van der Waals surface area contributed by atoms with Crippen molar-refractivity contribution in [2.45, 2.75) is 43.4 Å². The van der Waals surface area contributed by atoms with Crippen LogP contribution in [0.2, 0.25) is 0 Å². The predicted octanol–water partition coefficient (Wildman–Crippen LogP) is 12.3. The summed E-state index contributed by atoms with van der Waals surface area (Å²) in [5, 5.41) is 0. The van der Waals surface area contributed by atoms with E-state index in [2.05, 4.69) is 181 Å². The van der Waals surface area contributed by atoms with Gasteiger partial charge in [0.15, 0.2) is 5.82 Å². The summed E-state index contributed by atoms with van der Waals surface area (Å²) in [5.41, 5.74) is 19.0. The average Bonchev–Trinajstić information content (AvgIpc) is 3.76. The molecule has 57 heavy (non-hydrogen) atoms. The van der Waals surface area contributed by atoms with Crippen molar-refractivity contribution in [2.24, 2.45) is 5.41 Å². The molecule has 3 atom stereocenters. The monoisotopic (exact) mass is 731 g/mol. The maximum absolute atomic E-state index is 5.23. The maximum atomic E-state index is 5.23. The van der Waals surface area contributed by atoms with Crippen LogP contribution in [0.1, 0.15) is 63.5 Å². The molecule has 2 aromatic heterocycles. The van der Waals surface area contributed by atoms with Crippen LogP contribution in [0, 0.1) is 5.41 Å². The Morgan fingerprint density at radius 3 is 2.21 bits per heavy atom. The Labute approximate surface area is 334 Å². The molecular weight excluding hydrogens is 691 g/mol. The lowest BCUT2D eigenvalue weighted by atomic mass is 9.51. The highest BCUT2D eigenvalue weighted by atomic mass is 15.0. The highest BCUT2D eigenvalue weighted by molar-refractivity contribution is 5.92. The molecule has 0 saturated carbocycles. The zero-order valence-corrected chi connectivity index (χ0v) is 31.8. The average molecular weight is 732 g/mol. The lowest BCUT2D eigenvalue weighted by Gasteiger charge is -2.52. The van der Waals surface area contributed by atoms with Crippen LogP contribution in [0.3, 0.4) is 0 Å². The molecule has 4 aliphatic carbocycles. The molecule has 3 heteroatoms. The summed E-state index contributed by atoms with van der Waals surface area (Å²) in [6, 6.07) is 50.9. The number of hydrogen-bond acceptors (Lipinski definition) is 2. The Balaban J connectivity index is 1.09. The summed E-state index contributed by atoms with van der Waals surface area (Å²) in [6.07, 6.45) is 22.2. The fourth-order valence-electron chi connectivity index (χ4n) is 11.2. The molecule has 3 nitrogen and oxygen atoms in total. The number of para-hydroxylation sites is 1. The van der Waals surface area contributed by atoms with Crippen LogP contribution in [-0.2, 0) is 24.7 Å². The first-order valence-electron chi connectivity index (χ1n) is 20.5. The van der Waals surface area contributed by atoms with Crippen molar-refractivity contribution in [1.29, 1.82) is 0 Å². The normalized spacial score (nSPS) is 21.9. The van der Waals surface area contributed by atoms with E-state index in [1.807, 2.05) is 6.07 Å². The highest BCUT2D eigenvalue weighted by Crippen LogP contribution is 2.69. The summed E-state index contributed by atoms with van der Waals surface area (Å²) in [5.74, 6) is 0.922. The van der Waals surface area contributed by atoms with Gasteiger partial charge in [0.25, 0.3) is 0 Å². The molecule has 0 radical (unpaired) electrons. The van der Waals surface area contributed by atoms with Crippen molar-refractivity contribution in [1.82, 2.24) is 14.5 Å². The SMILES string of the molecule is C1=CCC2(C=C1)Cc1ccccc1C21C2=CC(c3cccc(-c4cc(-c5ccccc5)nc(-c5ccccc5)n4)c3)Cc3c4c(n(c32)-c2ccccc21)CCC=C4. The van der Waals surface area contributed by atoms with Crippen LogP contribution in [0.25, 0.3) is 51.2 Å². The van der Waals surface area contributed by atoms with E-state index < -0.39 is 0 Å². The number of nitrogens with zero attached hydrogens (tertiary/aromatic N) is 3. The standard InChI is InChI=1S/C54H41N3/c1-4-17-36(18-5-1)47-34-48(56-52(55-47)37-19-6-2-7-20-37)39-23-16-22-38(31-39)41-32-43-42-24-9-12-27-49(42)57-50-28-13-11-26-45(50)54(46(33-41)51(43)57)44-25-10-8-21-40(44)35-53(54)29-14-3-15-30-53/h1-11,13-26,28-29,31,33-34,41H,12,27,30,32,35H2. The second-order valence-corrected chi connectivity index (χ2v) is 16.4. The van der Waals surface area contributed by atoms with E-state index in [-0.39, 0.29) is 16.7 Å². The molecule has 0 fully saturated rings. The third-order valence-electron chi connectivity index (χ3n) is 13.5. The maximum Gasteiger partial charge on any atom is 0.160 e. The van der Waals surface area contributed by atoms with E-state index in [1.54, 1.807) is 0 Å². The van der Waals surface area contributed by atoms with E-state index in [9.17, 15) is 0 Å². The van der Waals surface area contributed by atoms with Gasteiger partial charge < -0.3 is 4.57 Å². The molecule has 3 heterocycles. The van der Waals surface area contributed by atoms with Crippen LogP contribution in [0.4, 0.5) is 0 Å². The van der Waals surface area contributed by atoms with Gasteiger partial charge in [0.05, 0.1) is 28.2 Å². The quantitative estimate of drug-likeness (QED) is 0.180. The minimum atomic E-state index is -0.338. The van der Waals surface area contributed by atoms with Crippen molar-refractivity contribution >= 4 is 11.6 Å². The minimum Gasteiger partial charge on any atom is -0.313 e. The zero-order valence-electron chi connectivity index (χ0n) is 31.8. The summed E-state index contributed by atoms with van der Waals surface area (Å²) in [4.78, 5) is 10.3. The van der Waals surface area contributed by atoms with Gasteiger partial charge in [0.1, 0.15) is 0 Å². The molecule has 0 bridgehead atoms. The van der Waals surface area contributed by atoms with Crippen molar-refractivity contribution < 1.29 is 0 Å².